The maximum Gasteiger partial charge on any atom is 0.325 e. The fourth-order valence-corrected chi connectivity index (χ4v) is 3.31. The third-order valence-corrected chi connectivity index (χ3v) is 5.21. The van der Waals surface area contributed by atoms with Crippen molar-refractivity contribution in [2.75, 3.05) is 26.2 Å². The number of unbranched alkanes of at least 4 members (excludes halogenated alkanes) is 1. The molecule has 1 heterocycles. The molecule has 0 aromatic carbocycles. The van der Waals surface area contributed by atoms with Crippen molar-refractivity contribution in [2.45, 2.75) is 75.2 Å². The van der Waals surface area contributed by atoms with Crippen LogP contribution in [-0.4, -0.2) is 106 Å². The number of aliphatic hydroxyl groups excluding tert-OH is 3. The second-order valence-electron chi connectivity index (χ2n) is 7.94. The van der Waals surface area contributed by atoms with Crippen molar-refractivity contribution in [3.05, 3.63) is 0 Å². The summed E-state index contributed by atoms with van der Waals surface area (Å²) in [6.45, 7) is 1.34. The SMILES string of the molecule is CC(NC(=O)C(CCCCNCCC1(O)CC(O)C(O)C(CO)O1)NC(=O)CN)C(=O)O. The molecule has 0 spiro atoms. The Morgan fingerprint density at radius 2 is 1.88 bits per heavy atom. The van der Waals surface area contributed by atoms with Crippen molar-refractivity contribution in [2.24, 2.45) is 5.73 Å². The van der Waals surface area contributed by atoms with Crippen molar-refractivity contribution in [3.8, 4) is 0 Å². The molecule has 1 saturated heterocycles. The molecule has 6 unspecified atom stereocenters. The number of amides is 2. The number of carboxylic acids is 1. The number of nitrogens with one attached hydrogen (secondary N) is 3. The number of hydrogen-bond donors (Lipinski definition) is 9. The number of carboxylic acid groups (broad SMARTS) is 1. The zero-order valence-electron chi connectivity index (χ0n) is 18.2. The number of hydrogen-bond acceptors (Lipinski definition) is 10. The molecular weight excluding hydrogens is 428 g/mol. The number of carbonyl (C=O) groups excluding carboxylic acids is 2. The Hall–Kier alpha value is -1.87. The van der Waals surface area contributed by atoms with E-state index in [0.717, 1.165) is 0 Å². The Balaban J connectivity index is 2.37. The first-order valence-corrected chi connectivity index (χ1v) is 10.6. The fraction of sp³-hybridized carbons (Fsp3) is 0.842. The molecule has 1 aliphatic rings. The number of rotatable bonds is 14. The molecule has 0 radical (unpaired) electrons. The highest BCUT2D eigenvalue weighted by Gasteiger charge is 2.44. The van der Waals surface area contributed by atoms with Crippen LogP contribution in [0, 0.1) is 0 Å². The number of carbonyl (C=O) groups is 3. The van der Waals surface area contributed by atoms with Crippen LogP contribution in [0.25, 0.3) is 0 Å². The standard InChI is InChI=1S/C19H36N4O9/c1-11(18(29)30)22-17(28)12(23-15(26)9-20)4-2-3-6-21-7-5-19(31)8-13(25)16(27)14(10-24)32-19/h11-14,16,21,24-25,27,31H,2-10,20H2,1H3,(H,22,28)(H,23,26)(H,29,30). The van der Waals surface area contributed by atoms with Crippen LogP contribution < -0.4 is 21.7 Å². The van der Waals surface area contributed by atoms with Crippen LogP contribution in [0.15, 0.2) is 0 Å². The van der Waals surface area contributed by atoms with Crippen LogP contribution in [0.2, 0.25) is 0 Å². The summed E-state index contributed by atoms with van der Waals surface area (Å²) in [6.07, 6.45) is -2.17. The Bertz CT molecular complexity index is 624. The molecule has 10 N–H and O–H groups in total. The van der Waals surface area contributed by atoms with Gasteiger partial charge in [-0.25, -0.2) is 0 Å². The molecule has 0 aromatic heterocycles. The zero-order chi connectivity index (χ0) is 24.3. The van der Waals surface area contributed by atoms with Crippen LogP contribution in [-0.2, 0) is 19.1 Å². The molecule has 1 rings (SSSR count). The van der Waals surface area contributed by atoms with E-state index in [1.807, 2.05) is 0 Å². The summed E-state index contributed by atoms with van der Waals surface area (Å²) in [6, 6.07) is -2.01. The molecule has 13 heteroatoms. The highest BCUT2D eigenvalue weighted by atomic mass is 16.6. The Labute approximate surface area is 186 Å². The van der Waals surface area contributed by atoms with Gasteiger partial charge in [-0.1, -0.05) is 0 Å². The smallest absolute Gasteiger partial charge is 0.325 e. The second-order valence-corrected chi connectivity index (χ2v) is 7.94. The average molecular weight is 465 g/mol. The van der Waals surface area contributed by atoms with E-state index in [2.05, 4.69) is 16.0 Å². The van der Waals surface area contributed by atoms with Crippen molar-refractivity contribution in [1.82, 2.24) is 16.0 Å². The minimum Gasteiger partial charge on any atom is -0.480 e. The van der Waals surface area contributed by atoms with Crippen molar-refractivity contribution >= 4 is 17.8 Å². The van der Waals surface area contributed by atoms with Crippen LogP contribution in [0.1, 0.15) is 39.0 Å². The highest BCUT2D eigenvalue weighted by Crippen LogP contribution is 2.29. The third kappa shape index (κ3) is 9.32. The van der Waals surface area contributed by atoms with E-state index < -0.39 is 60.6 Å². The summed E-state index contributed by atoms with van der Waals surface area (Å²) < 4.78 is 5.31. The fourth-order valence-electron chi connectivity index (χ4n) is 3.31. The number of aliphatic carboxylic acids is 1. The average Bonchev–Trinajstić information content (AvgIpc) is 2.74. The minimum atomic E-state index is -1.67. The highest BCUT2D eigenvalue weighted by molar-refractivity contribution is 5.90. The van der Waals surface area contributed by atoms with E-state index in [9.17, 15) is 34.8 Å². The number of nitrogens with two attached hydrogens (primary N) is 1. The van der Waals surface area contributed by atoms with Crippen molar-refractivity contribution < 1.29 is 44.7 Å². The molecule has 0 saturated carbocycles. The summed E-state index contributed by atoms with van der Waals surface area (Å²) >= 11 is 0. The monoisotopic (exact) mass is 464 g/mol. The molecule has 0 aromatic rings. The quantitative estimate of drug-likeness (QED) is 0.114. The van der Waals surface area contributed by atoms with Gasteiger partial charge in [0.15, 0.2) is 5.79 Å². The van der Waals surface area contributed by atoms with Gasteiger partial charge in [-0.2, -0.15) is 0 Å². The topological polar surface area (TPSA) is 224 Å². The van der Waals surface area contributed by atoms with E-state index in [1.54, 1.807) is 0 Å². The lowest BCUT2D eigenvalue weighted by molar-refractivity contribution is -0.306. The Morgan fingerprint density at radius 3 is 2.47 bits per heavy atom. The van der Waals surface area contributed by atoms with Gasteiger partial charge < -0.3 is 52.0 Å². The van der Waals surface area contributed by atoms with E-state index in [4.69, 9.17) is 15.6 Å². The van der Waals surface area contributed by atoms with E-state index in [0.29, 0.717) is 25.9 Å². The van der Waals surface area contributed by atoms with Crippen LogP contribution in [0.4, 0.5) is 0 Å². The molecule has 0 aliphatic carbocycles. The van der Waals surface area contributed by atoms with Gasteiger partial charge in [0.25, 0.3) is 0 Å². The van der Waals surface area contributed by atoms with Crippen molar-refractivity contribution in [1.29, 1.82) is 0 Å². The zero-order valence-corrected chi connectivity index (χ0v) is 18.2. The molecular formula is C19H36N4O9. The molecule has 13 nitrogen and oxygen atoms in total. The summed E-state index contributed by atoms with van der Waals surface area (Å²) in [5.41, 5.74) is 5.26. The number of ether oxygens (including phenoxy) is 1. The van der Waals surface area contributed by atoms with Gasteiger partial charge in [-0.15, -0.1) is 0 Å². The van der Waals surface area contributed by atoms with Gasteiger partial charge in [0.2, 0.25) is 11.8 Å². The first-order chi connectivity index (χ1) is 15.0. The summed E-state index contributed by atoms with van der Waals surface area (Å²) in [4.78, 5) is 34.7. The summed E-state index contributed by atoms with van der Waals surface area (Å²) in [5.74, 6) is -4.00. The van der Waals surface area contributed by atoms with Gasteiger partial charge in [0, 0.05) is 19.4 Å². The second kappa shape index (κ2) is 13.6. The number of aliphatic hydroxyl groups is 4. The van der Waals surface area contributed by atoms with Gasteiger partial charge in [-0.05, 0) is 32.7 Å². The maximum atomic E-state index is 12.2. The predicted molar refractivity (Wildman–Crippen MR) is 111 cm³/mol. The lowest BCUT2D eigenvalue weighted by atomic mass is 9.94. The molecule has 32 heavy (non-hydrogen) atoms. The van der Waals surface area contributed by atoms with Crippen LogP contribution in [0.3, 0.4) is 0 Å². The minimum absolute atomic E-state index is 0.123. The van der Waals surface area contributed by atoms with E-state index in [-0.39, 0.29) is 25.8 Å². The van der Waals surface area contributed by atoms with E-state index >= 15 is 0 Å². The molecule has 6 atom stereocenters. The summed E-state index contributed by atoms with van der Waals surface area (Å²) in [7, 11) is 0. The summed E-state index contributed by atoms with van der Waals surface area (Å²) in [5, 5.41) is 56.0. The Kier molecular flexibility index (Phi) is 12.0. The van der Waals surface area contributed by atoms with Gasteiger partial charge in [0.1, 0.15) is 24.3 Å². The van der Waals surface area contributed by atoms with Crippen LogP contribution in [0.5, 0.6) is 0 Å². The maximum absolute atomic E-state index is 12.2. The normalized spacial score (nSPS) is 27.4. The molecule has 1 aliphatic heterocycles. The molecule has 0 bridgehead atoms. The van der Waals surface area contributed by atoms with Crippen molar-refractivity contribution in [3.63, 3.8) is 0 Å². The first kappa shape index (κ1) is 28.2. The van der Waals surface area contributed by atoms with Gasteiger partial charge in [-0.3, -0.25) is 14.4 Å². The van der Waals surface area contributed by atoms with Crippen LogP contribution >= 0.6 is 0 Å². The lowest BCUT2D eigenvalue weighted by Crippen LogP contribution is -2.56. The van der Waals surface area contributed by atoms with Gasteiger partial charge in [0.05, 0.1) is 19.3 Å². The van der Waals surface area contributed by atoms with Gasteiger partial charge >= 0.3 is 5.97 Å². The Morgan fingerprint density at radius 1 is 1.19 bits per heavy atom. The lowest BCUT2D eigenvalue weighted by Gasteiger charge is -2.42. The largest absolute Gasteiger partial charge is 0.480 e. The third-order valence-electron chi connectivity index (χ3n) is 5.21. The molecule has 186 valence electrons. The molecule has 2 amide bonds. The predicted octanol–water partition coefficient (Wildman–Crippen LogP) is -3.64. The first-order valence-electron chi connectivity index (χ1n) is 10.6. The van der Waals surface area contributed by atoms with E-state index in [1.165, 1.54) is 6.92 Å². The molecule has 1 fully saturated rings.